The van der Waals surface area contributed by atoms with Crippen LogP contribution in [0.5, 0.6) is 5.75 Å². The molecule has 6 heteroatoms. The van der Waals surface area contributed by atoms with Gasteiger partial charge in [-0.2, -0.15) is 5.10 Å². The number of imidazole rings is 1. The van der Waals surface area contributed by atoms with E-state index in [9.17, 15) is 0 Å². The number of anilines is 1. The third-order valence-corrected chi connectivity index (χ3v) is 4.10. The number of benzene rings is 1. The van der Waals surface area contributed by atoms with Crippen molar-refractivity contribution >= 4 is 5.69 Å². The number of nitrogens with one attached hydrogen (secondary N) is 2. The predicted octanol–water partition coefficient (Wildman–Crippen LogP) is 3.09. The smallest absolute Gasteiger partial charge is 0.144 e. The van der Waals surface area contributed by atoms with Crippen molar-refractivity contribution in [2.45, 2.75) is 25.3 Å². The van der Waals surface area contributed by atoms with Crippen molar-refractivity contribution in [3.8, 4) is 11.4 Å². The molecule has 23 heavy (non-hydrogen) atoms. The number of H-pyrrole nitrogens is 1. The van der Waals surface area contributed by atoms with E-state index in [-0.39, 0.29) is 0 Å². The van der Waals surface area contributed by atoms with Gasteiger partial charge in [-0.15, -0.1) is 0 Å². The summed E-state index contributed by atoms with van der Waals surface area (Å²) >= 11 is 0. The summed E-state index contributed by atoms with van der Waals surface area (Å²) in [4.78, 5) is 4.07. The van der Waals surface area contributed by atoms with Gasteiger partial charge in [0, 0.05) is 24.4 Å². The van der Waals surface area contributed by atoms with Crippen LogP contribution in [0.15, 0.2) is 43.0 Å². The number of hydrogen-bond donors (Lipinski definition) is 2. The Morgan fingerprint density at radius 3 is 3.00 bits per heavy atom. The van der Waals surface area contributed by atoms with Gasteiger partial charge < -0.3 is 14.6 Å². The number of ether oxygens (including phenoxy) is 1. The first-order valence-corrected chi connectivity index (χ1v) is 7.78. The second-order valence-electron chi connectivity index (χ2n) is 5.80. The van der Waals surface area contributed by atoms with Crippen LogP contribution in [0.25, 0.3) is 5.69 Å². The van der Waals surface area contributed by atoms with Crippen molar-refractivity contribution in [1.82, 2.24) is 19.7 Å². The van der Waals surface area contributed by atoms with Crippen LogP contribution < -0.4 is 10.1 Å². The lowest BCUT2D eigenvalue weighted by Gasteiger charge is -2.12. The van der Waals surface area contributed by atoms with Gasteiger partial charge in [-0.05, 0) is 31.0 Å². The van der Waals surface area contributed by atoms with Gasteiger partial charge in [0.15, 0.2) is 0 Å². The summed E-state index contributed by atoms with van der Waals surface area (Å²) in [5.74, 6) is 1.47. The third-order valence-electron chi connectivity index (χ3n) is 4.10. The molecule has 118 valence electrons. The first kappa shape index (κ1) is 13.9. The molecule has 4 rings (SSSR count). The van der Waals surface area contributed by atoms with Crippen LogP contribution in [0.2, 0.25) is 0 Å². The van der Waals surface area contributed by atoms with Gasteiger partial charge in [-0.3, -0.25) is 5.10 Å². The highest BCUT2D eigenvalue weighted by molar-refractivity contribution is 5.60. The quantitative estimate of drug-likeness (QED) is 0.734. The van der Waals surface area contributed by atoms with Crippen LogP contribution in [0.3, 0.4) is 0 Å². The number of nitrogens with zero attached hydrogens (tertiary/aromatic N) is 3. The zero-order valence-electron chi connectivity index (χ0n) is 13.0. The fourth-order valence-corrected chi connectivity index (χ4v) is 2.65. The van der Waals surface area contributed by atoms with Crippen molar-refractivity contribution < 1.29 is 4.74 Å². The van der Waals surface area contributed by atoms with E-state index < -0.39 is 0 Å². The fourth-order valence-electron chi connectivity index (χ4n) is 2.65. The van der Waals surface area contributed by atoms with Crippen LogP contribution in [-0.2, 0) is 6.54 Å². The SMILES string of the molecule is COc1cc(-n2ccnc2)ccc1NCc1cc(C2CC2)n[nH]1. The molecule has 2 heterocycles. The molecule has 2 N–H and O–H groups in total. The standard InChI is InChI=1S/C17H19N5O/c1-23-17-9-14(22-7-6-18-11-22)4-5-15(17)19-10-13-8-16(21-20-13)12-2-3-12/h4-9,11-12,19H,2-3,10H2,1H3,(H,20,21). The van der Waals surface area contributed by atoms with E-state index in [1.54, 1.807) is 19.6 Å². The number of hydrogen-bond acceptors (Lipinski definition) is 4. The molecule has 0 aliphatic heterocycles. The van der Waals surface area contributed by atoms with Crippen LogP contribution in [-0.4, -0.2) is 26.9 Å². The molecule has 1 saturated carbocycles. The molecule has 0 radical (unpaired) electrons. The molecule has 0 unspecified atom stereocenters. The molecule has 3 aromatic rings. The Hall–Kier alpha value is -2.76. The van der Waals surface area contributed by atoms with E-state index in [2.05, 4.69) is 26.6 Å². The largest absolute Gasteiger partial charge is 0.495 e. The summed E-state index contributed by atoms with van der Waals surface area (Å²) in [6, 6.07) is 8.20. The highest BCUT2D eigenvalue weighted by Gasteiger charge is 2.25. The topological polar surface area (TPSA) is 67.8 Å². The second kappa shape index (κ2) is 5.79. The summed E-state index contributed by atoms with van der Waals surface area (Å²) in [7, 11) is 1.68. The summed E-state index contributed by atoms with van der Waals surface area (Å²) in [6.07, 6.45) is 7.97. The maximum absolute atomic E-state index is 5.50. The van der Waals surface area contributed by atoms with E-state index in [0.29, 0.717) is 12.5 Å². The van der Waals surface area contributed by atoms with Crippen LogP contribution in [0, 0.1) is 0 Å². The van der Waals surface area contributed by atoms with E-state index in [4.69, 9.17) is 4.74 Å². The highest BCUT2D eigenvalue weighted by atomic mass is 16.5. The highest BCUT2D eigenvalue weighted by Crippen LogP contribution is 2.39. The Bertz CT molecular complexity index is 789. The van der Waals surface area contributed by atoms with E-state index in [1.807, 2.05) is 29.0 Å². The maximum Gasteiger partial charge on any atom is 0.144 e. The summed E-state index contributed by atoms with van der Waals surface area (Å²) in [5.41, 5.74) is 4.25. The van der Waals surface area contributed by atoms with Gasteiger partial charge in [0.25, 0.3) is 0 Å². The van der Waals surface area contributed by atoms with Gasteiger partial charge in [-0.25, -0.2) is 4.98 Å². The molecule has 6 nitrogen and oxygen atoms in total. The molecule has 0 saturated heterocycles. The number of aromatic amines is 1. The molecular weight excluding hydrogens is 290 g/mol. The van der Waals surface area contributed by atoms with E-state index >= 15 is 0 Å². The van der Waals surface area contributed by atoms with Gasteiger partial charge in [0.2, 0.25) is 0 Å². The van der Waals surface area contributed by atoms with E-state index in [0.717, 1.165) is 22.8 Å². The molecule has 2 aromatic heterocycles. The zero-order chi connectivity index (χ0) is 15.6. The minimum atomic E-state index is 0.670. The van der Waals surface area contributed by atoms with Gasteiger partial charge >= 0.3 is 0 Å². The summed E-state index contributed by atoms with van der Waals surface area (Å²) in [5, 5.41) is 10.9. The van der Waals surface area contributed by atoms with Crippen LogP contribution >= 0.6 is 0 Å². The average molecular weight is 309 g/mol. The van der Waals surface area contributed by atoms with Crippen LogP contribution in [0.4, 0.5) is 5.69 Å². The minimum absolute atomic E-state index is 0.670. The molecular formula is C17H19N5O. The lowest BCUT2D eigenvalue weighted by Crippen LogP contribution is -2.02. The lowest BCUT2D eigenvalue weighted by atomic mass is 10.2. The van der Waals surface area contributed by atoms with Crippen molar-refractivity contribution in [3.63, 3.8) is 0 Å². The Labute approximate surface area is 134 Å². The Kier molecular flexibility index (Phi) is 3.49. The van der Waals surface area contributed by atoms with Crippen molar-refractivity contribution in [2.75, 3.05) is 12.4 Å². The zero-order valence-corrected chi connectivity index (χ0v) is 13.0. The first-order chi connectivity index (χ1) is 11.3. The Morgan fingerprint density at radius 1 is 1.35 bits per heavy atom. The molecule has 1 fully saturated rings. The molecule has 0 atom stereocenters. The Morgan fingerprint density at radius 2 is 2.26 bits per heavy atom. The van der Waals surface area contributed by atoms with Crippen molar-refractivity contribution in [1.29, 1.82) is 0 Å². The van der Waals surface area contributed by atoms with Crippen molar-refractivity contribution in [3.05, 3.63) is 54.4 Å². The van der Waals surface area contributed by atoms with Gasteiger partial charge in [0.05, 0.1) is 42.7 Å². The average Bonchev–Trinajstić information content (AvgIpc) is 3.11. The fraction of sp³-hybridized carbons (Fsp3) is 0.294. The van der Waals surface area contributed by atoms with Crippen molar-refractivity contribution in [2.24, 2.45) is 0 Å². The summed E-state index contributed by atoms with van der Waals surface area (Å²) in [6.45, 7) is 0.695. The molecule has 1 aliphatic rings. The molecule has 0 amide bonds. The lowest BCUT2D eigenvalue weighted by molar-refractivity contribution is 0.416. The number of rotatable bonds is 6. The maximum atomic E-state index is 5.50. The van der Waals surface area contributed by atoms with E-state index in [1.165, 1.54) is 18.5 Å². The van der Waals surface area contributed by atoms with Gasteiger partial charge in [0.1, 0.15) is 5.75 Å². The molecule has 0 bridgehead atoms. The molecule has 1 aromatic carbocycles. The molecule has 1 aliphatic carbocycles. The second-order valence-corrected chi connectivity index (χ2v) is 5.80. The number of aromatic nitrogens is 4. The Balaban J connectivity index is 1.49. The first-order valence-electron chi connectivity index (χ1n) is 7.78. The van der Waals surface area contributed by atoms with Crippen LogP contribution in [0.1, 0.15) is 30.1 Å². The number of methoxy groups -OCH3 is 1. The monoisotopic (exact) mass is 309 g/mol. The summed E-state index contributed by atoms with van der Waals surface area (Å²) < 4.78 is 7.45. The normalized spacial score (nSPS) is 14.0. The van der Waals surface area contributed by atoms with Gasteiger partial charge in [-0.1, -0.05) is 0 Å². The minimum Gasteiger partial charge on any atom is -0.495 e. The predicted molar refractivity (Wildman–Crippen MR) is 88.0 cm³/mol. The molecule has 0 spiro atoms. The third kappa shape index (κ3) is 2.92.